The average Bonchev–Trinajstić information content (AvgIpc) is 3.27. The van der Waals surface area contributed by atoms with E-state index < -0.39 is 0 Å². The Morgan fingerprint density at radius 3 is 2.71 bits per heavy atom. The van der Waals surface area contributed by atoms with Crippen molar-refractivity contribution < 1.29 is 4.79 Å². The second kappa shape index (κ2) is 6.00. The first-order chi connectivity index (χ1) is 11.8. The number of nitrogens with one attached hydrogen (secondary N) is 2. The van der Waals surface area contributed by atoms with Gasteiger partial charge >= 0.3 is 0 Å². The van der Waals surface area contributed by atoms with Crippen molar-refractivity contribution >= 4 is 16.9 Å². The predicted molar refractivity (Wildman–Crippen MR) is 90.8 cm³/mol. The van der Waals surface area contributed by atoms with Gasteiger partial charge < -0.3 is 10.3 Å². The summed E-state index contributed by atoms with van der Waals surface area (Å²) in [6, 6.07) is 17.4. The fourth-order valence-electron chi connectivity index (χ4n) is 2.60. The molecular formula is C18H15N5O. The van der Waals surface area contributed by atoms with Crippen molar-refractivity contribution in [3.63, 3.8) is 0 Å². The standard InChI is InChI=1S/C18H15N5O/c24-18(16-10-19-12-23(16)13-6-2-1-3-7-13)20-11-17-21-14-8-4-5-9-15(14)22-17/h1-10,12H,11H2,(H,20,24)(H,21,22). The van der Waals surface area contributed by atoms with Gasteiger partial charge in [0.15, 0.2) is 0 Å². The molecule has 118 valence electrons. The number of amides is 1. The van der Waals surface area contributed by atoms with E-state index in [9.17, 15) is 4.79 Å². The van der Waals surface area contributed by atoms with Gasteiger partial charge in [-0.2, -0.15) is 0 Å². The van der Waals surface area contributed by atoms with Crippen LogP contribution in [-0.4, -0.2) is 25.4 Å². The highest BCUT2D eigenvalue weighted by molar-refractivity contribution is 5.93. The summed E-state index contributed by atoms with van der Waals surface area (Å²) in [6.45, 7) is 0.327. The number of hydrogen-bond acceptors (Lipinski definition) is 3. The van der Waals surface area contributed by atoms with Gasteiger partial charge in [-0.3, -0.25) is 9.36 Å². The number of hydrogen-bond donors (Lipinski definition) is 2. The van der Waals surface area contributed by atoms with E-state index in [-0.39, 0.29) is 5.91 Å². The minimum Gasteiger partial charge on any atom is -0.343 e. The first kappa shape index (κ1) is 14.2. The number of H-pyrrole nitrogens is 1. The number of carbonyl (C=O) groups is 1. The smallest absolute Gasteiger partial charge is 0.270 e. The Balaban J connectivity index is 1.52. The fourth-order valence-corrected chi connectivity index (χ4v) is 2.60. The summed E-state index contributed by atoms with van der Waals surface area (Å²) in [6.07, 6.45) is 3.19. The van der Waals surface area contributed by atoms with Crippen LogP contribution in [0.15, 0.2) is 67.1 Å². The number of aromatic amines is 1. The number of nitrogens with zero attached hydrogens (tertiary/aromatic N) is 3. The molecule has 0 radical (unpaired) electrons. The Morgan fingerprint density at radius 2 is 1.88 bits per heavy atom. The van der Waals surface area contributed by atoms with Crippen molar-refractivity contribution in [1.82, 2.24) is 24.8 Å². The normalized spacial score (nSPS) is 10.8. The third kappa shape index (κ3) is 2.65. The maximum Gasteiger partial charge on any atom is 0.270 e. The quantitative estimate of drug-likeness (QED) is 0.607. The van der Waals surface area contributed by atoms with Crippen LogP contribution >= 0.6 is 0 Å². The topological polar surface area (TPSA) is 75.6 Å². The number of benzene rings is 2. The lowest BCUT2D eigenvalue weighted by Crippen LogP contribution is -2.25. The van der Waals surface area contributed by atoms with E-state index in [0.717, 1.165) is 22.5 Å². The summed E-state index contributed by atoms with van der Waals surface area (Å²) in [5, 5.41) is 2.88. The van der Waals surface area contributed by atoms with Gasteiger partial charge in [0.2, 0.25) is 0 Å². The van der Waals surface area contributed by atoms with Crippen LogP contribution in [0.2, 0.25) is 0 Å². The van der Waals surface area contributed by atoms with Crippen LogP contribution in [0.3, 0.4) is 0 Å². The molecule has 2 aromatic heterocycles. The average molecular weight is 317 g/mol. The van der Waals surface area contributed by atoms with E-state index in [1.165, 1.54) is 0 Å². The molecular weight excluding hydrogens is 302 g/mol. The van der Waals surface area contributed by atoms with E-state index in [1.807, 2.05) is 54.6 Å². The zero-order valence-corrected chi connectivity index (χ0v) is 12.8. The van der Waals surface area contributed by atoms with Crippen LogP contribution in [-0.2, 0) is 6.54 Å². The number of imidazole rings is 2. The summed E-state index contributed by atoms with van der Waals surface area (Å²) in [7, 11) is 0. The molecule has 4 aromatic rings. The molecule has 2 N–H and O–H groups in total. The third-order valence-corrected chi connectivity index (χ3v) is 3.76. The van der Waals surface area contributed by atoms with Crippen LogP contribution in [0.4, 0.5) is 0 Å². The summed E-state index contributed by atoms with van der Waals surface area (Å²) >= 11 is 0. The maximum absolute atomic E-state index is 12.5. The molecule has 0 aliphatic rings. The third-order valence-electron chi connectivity index (χ3n) is 3.76. The molecule has 0 unspecified atom stereocenters. The molecule has 0 aliphatic heterocycles. The van der Waals surface area contributed by atoms with E-state index >= 15 is 0 Å². The number of rotatable bonds is 4. The molecule has 2 aromatic carbocycles. The van der Waals surface area contributed by atoms with Gasteiger partial charge in [-0.1, -0.05) is 30.3 Å². The number of para-hydroxylation sites is 3. The Morgan fingerprint density at radius 1 is 1.08 bits per heavy atom. The monoisotopic (exact) mass is 317 g/mol. The highest BCUT2D eigenvalue weighted by Gasteiger charge is 2.13. The predicted octanol–water partition coefficient (Wildman–Crippen LogP) is 2.68. The number of fused-ring (bicyclic) bond motifs is 1. The second-order valence-electron chi connectivity index (χ2n) is 5.37. The molecule has 0 saturated heterocycles. The Hall–Kier alpha value is -3.41. The minimum absolute atomic E-state index is 0.197. The lowest BCUT2D eigenvalue weighted by Gasteiger charge is -2.08. The zero-order valence-electron chi connectivity index (χ0n) is 12.8. The van der Waals surface area contributed by atoms with E-state index in [1.54, 1.807) is 17.1 Å². The molecule has 0 saturated carbocycles. The first-order valence-electron chi connectivity index (χ1n) is 7.61. The van der Waals surface area contributed by atoms with Gasteiger partial charge in [0.05, 0.1) is 30.1 Å². The van der Waals surface area contributed by atoms with E-state index in [4.69, 9.17) is 0 Å². The lowest BCUT2D eigenvalue weighted by molar-refractivity contribution is 0.0943. The van der Waals surface area contributed by atoms with Gasteiger partial charge in [-0.05, 0) is 24.3 Å². The van der Waals surface area contributed by atoms with Crippen LogP contribution in [0.25, 0.3) is 16.7 Å². The number of aromatic nitrogens is 4. The molecule has 2 heterocycles. The SMILES string of the molecule is O=C(NCc1nc2ccccc2[nH]1)c1cncn1-c1ccccc1. The molecule has 1 amide bonds. The summed E-state index contributed by atoms with van der Waals surface area (Å²) in [5.41, 5.74) is 3.22. The Bertz CT molecular complexity index is 954. The van der Waals surface area contributed by atoms with E-state index in [0.29, 0.717) is 12.2 Å². The minimum atomic E-state index is -0.197. The molecule has 0 aliphatic carbocycles. The molecule has 0 atom stereocenters. The molecule has 6 nitrogen and oxygen atoms in total. The van der Waals surface area contributed by atoms with E-state index in [2.05, 4.69) is 20.3 Å². The Labute approximate surface area is 138 Å². The molecule has 4 rings (SSSR count). The second-order valence-corrected chi connectivity index (χ2v) is 5.37. The van der Waals surface area contributed by atoms with Crippen LogP contribution in [0.5, 0.6) is 0 Å². The van der Waals surface area contributed by atoms with Crippen molar-refractivity contribution in [1.29, 1.82) is 0 Å². The molecule has 6 heteroatoms. The van der Waals surface area contributed by atoms with Gasteiger partial charge in [0.1, 0.15) is 11.5 Å². The van der Waals surface area contributed by atoms with Crippen molar-refractivity contribution in [2.24, 2.45) is 0 Å². The van der Waals surface area contributed by atoms with Crippen LogP contribution < -0.4 is 5.32 Å². The van der Waals surface area contributed by atoms with Crippen LogP contribution in [0, 0.1) is 0 Å². The largest absolute Gasteiger partial charge is 0.343 e. The van der Waals surface area contributed by atoms with Gasteiger partial charge in [-0.15, -0.1) is 0 Å². The summed E-state index contributed by atoms with van der Waals surface area (Å²) in [5.74, 6) is 0.520. The van der Waals surface area contributed by atoms with Crippen molar-refractivity contribution in [2.45, 2.75) is 6.54 Å². The maximum atomic E-state index is 12.5. The van der Waals surface area contributed by atoms with Gasteiger partial charge in [0.25, 0.3) is 5.91 Å². The van der Waals surface area contributed by atoms with Gasteiger partial charge in [-0.25, -0.2) is 9.97 Å². The lowest BCUT2D eigenvalue weighted by atomic mass is 10.3. The van der Waals surface area contributed by atoms with Crippen molar-refractivity contribution in [3.05, 3.63) is 78.6 Å². The molecule has 0 fully saturated rings. The van der Waals surface area contributed by atoms with Crippen molar-refractivity contribution in [2.75, 3.05) is 0 Å². The first-order valence-corrected chi connectivity index (χ1v) is 7.61. The van der Waals surface area contributed by atoms with Gasteiger partial charge in [0, 0.05) is 5.69 Å². The highest BCUT2D eigenvalue weighted by Crippen LogP contribution is 2.12. The summed E-state index contributed by atoms with van der Waals surface area (Å²) in [4.78, 5) is 24.2. The fraction of sp³-hybridized carbons (Fsp3) is 0.0556. The number of carbonyl (C=O) groups excluding carboxylic acids is 1. The molecule has 24 heavy (non-hydrogen) atoms. The highest BCUT2D eigenvalue weighted by atomic mass is 16.1. The molecule has 0 bridgehead atoms. The zero-order chi connectivity index (χ0) is 16.4. The molecule has 0 spiro atoms. The summed E-state index contributed by atoms with van der Waals surface area (Å²) < 4.78 is 1.76. The van der Waals surface area contributed by atoms with Crippen LogP contribution in [0.1, 0.15) is 16.3 Å². The van der Waals surface area contributed by atoms with Crippen molar-refractivity contribution in [3.8, 4) is 5.69 Å². The Kier molecular flexibility index (Phi) is 3.55.